The molecule has 5 heteroatoms. The number of likely N-dealkylation sites (tertiary alicyclic amines) is 1. The number of hydrogen-bond acceptors (Lipinski definition) is 5. The number of para-hydroxylation sites is 1. The van der Waals surface area contributed by atoms with Crippen LogP contribution >= 0.6 is 11.8 Å². The Bertz CT molecular complexity index is 514. The monoisotopic (exact) mass is 364 g/mol. The summed E-state index contributed by atoms with van der Waals surface area (Å²) in [6.07, 6.45) is 2.15. The zero-order chi connectivity index (χ0) is 17.5. The fourth-order valence-electron chi connectivity index (χ4n) is 3.56. The molecule has 0 amide bonds. The van der Waals surface area contributed by atoms with Crippen molar-refractivity contribution >= 4 is 11.8 Å². The van der Waals surface area contributed by atoms with E-state index >= 15 is 0 Å². The van der Waals surface area contributed by atoms with Crippen LogP contribution in [0.4, 0.5) is 0 Å². The predicted octanol–water partition coefficient (Wildman–Crippen LogP) is 2.71. The lowest BCUT2D eigenvalue weighted by Gasteiger charge is -2.31. The smallest absolute Gasteiger partial charge is 0.123 e. The molecule has 2 heterocycles. The van der Waals surface area contributed by atoms with E-state index in [0.717, 1.165) is 31.3 Å². The first-order valence-electron chi connectivity index (χ1n) is 9.62. The lowest BCUT2D eigenvalue weighted by atomic mass is 9.99. The van der Waals surface area contributed by atoms with Gasteiger partial charge in [0.1, 0.15) is 18.5 Å². The first kappa shape index (κ1) is 19.0. The van der Waals surface area contributed by atoms with Gasteiger partial charge in [0, 0.05) is 43.2 Å². The molecule has 1 N–H and O–H groups in total. The Balaban J connectivity index is 1.48. The van der Waals surface area contributed by atoms with Gasteiger partial charge in [-0.1, -0.05) is 25.1 Å². The summed E-state index contributed by atoms with van der Waals surface area (Å²) in [5, 5.41) is 10.3. The average molecular weight is 365 g/mol. The second kappa shape index (κ2) is 9.81. The SMILES string of the molecule is CC1CCN(Cc2ccccc2OCC(O)CN2CCSCC2)CC1. The number of thioether (sulfide) groups is 1. The summed E-state index contributed by atoms with van der Waals surface area (Å²) in [5.74, 6) is 4.12. The van der Waals surface area contributed by atoms with E-state index in [4.69, 9.17) is 4.74 Å². The van der Waals surface area contributed by atoms with E-state index in [2.05, 4.69) is 28.9 Å². The van der Waals surface area contributed by atoms with Crippen LogP contribution in [0.15, 0.2) is 24.3 Å². The van der Waals surface area contributed by atoms with Crippen molar-refractivity contribution in [3.8, 4) is 5.75 Å². The number of aliphatic hydroxyl groups is 1. The fourth-order valence-corrected chi connectivity index (χ4v) is 4.54. The molecular formula is C20H32N2O2S. The molecule has 140 valence electrons. The number of hydrogen-bond donors (Lipinski definition) is 1. The van der Waals surface area contributed by atoms with Gasteiger partial charge in [-0.3, -0.25) is 9.80 Å². The van der Waals surface area contributed by atoms with Crippen LogP contribution in [-0.2, 0) is 6.54 Å². The first-order valence-corrected chi connectivity index (χ1v) is 10.8. The number of piperidine rings is 1. The molecule has 2 aliphatic heterocycles. The molecule has 0 aliphatic carbocycles. The van der Waals surface area contributed by atoms with Crippen molar-refractivity contribution in [1.29, 1.82) is 0 Å². The standard InChI is InChI=1S/C20H32N2O2S/c1-17-6-8-21(9-7-17)14-18-4-2-3-5-20(18)24-16-19(23)15-22-10-12-25-13-11-22/h2-5,17,19,23H,6-16H2,1H3. The van der Waals surface area contributed by atoms with Gasteiger partial charge in [-0.2, -0.15) is 11.8 Å². The maximum Gasteiger partial charge on any atom is 0.123 e. The van der Waals surface area contributed by atoms with E-state index in [0.29, 0.717) is 13.2 Å². The van der Waals surface area contributed by atoms with Crippen LogP contribution in [0.3, 0.4) is 0 Å². The van der Waals surface area contributed by atoms with Crippen molar-refractivity contribution in [2.45, 2.75) is 32.4 Å². The van der Waals surface area contributed by atoms with E-state index in [1.807, 2.05) is 23.9 Å². The Morgan fingerprint density at radius 1 is 1.12 bits per heavy atom. The molecular weight excluding hydrogens is 332 g/mol. The fraction of sp³-hybridized carbons (Fsp3) is 0.700. The normalized spacial score (nSPS) is 22.0. The highest BCUT2D eigenvalue weighted by Crippen LogP contribution is 2.23. The molecule has 0 spiro atoms. The third-order valence-electron chi connectivity index (χ3n) is 5.25. The lowest BCUT2D eigenvalue weighted by Crippen LogP contribution is -2.40. The molecule has 1 aromatic rings. The van der Waals surface area contributed by atoms with E-state index in [9.17, 15) is 5.11 Å². The van der Waals surface area contributed by atoms with Crippen molar-refractivity contribution < 1.29 is 9.84 Å². The van der Waals surface area contributed by atoms with Gasteiger partial charge in [0.05, 0.1) is 0 Å². The van der Waals surface area contributed by atoms with Crippen molar-refractivity contribution in [3.05, 3.63) is 29.8 Å². The lowest BCUT2D eigenvalue weighted by molar-refractivity contribution is 0.0706. The topological polar surface area (TPSA) is 35.9 Å². The molecule has 2 aliphatic rings. The largest absolute Gasteiger partial charge is 0.491 e. The molecule has 1 aromatic carbocycles. The van der Waals surface area contributed by atoms with Crippen LogP contribution < -0.4 is 4.74 Å². The third-order valence-corrected chi connectivity index (χ3v) is 6.19. The minimum atomic E-state index is -0.424. The second-order valence-electron chi connectivity index (χ2n) is 7.44. The zero-order valence-corrected chi connectivity index (χ0v) is 16.2. The summed E-state index contributed by atoms with van der Waals surface area (Å²) in [5.41, 5.74) is 1.23. The van der Waals surface area contributed by atoms with Crippen LogP contribution in [0, 0.1) is 5.92 Å². The molecule has 3 rings (SSSR count). The highest BCUT2D eigenvalue weighted by Gasteiger charge is 2.18. The van der Waals surface area contributed by atoms with Gasteiger partial charge in [-0.15, -0.1) is 0 Å². The van der Waals surface area contributed by atoms with E-state index in [1.54, 1.807) is 0 Å². The highest BCUT2D eigenvalue weighted by molar-refractivity contribution is 7.99. The number of benzene rings is 1. The summed E-state index contributed by atoms with van der Waals surface area (Å²) in [6.45, 7) is 8.87. The van der Waals surface area contributed by atoms with Gasteiger partial charge in [-0.25, -0.2) is 0 Å². The maximum absolute atomic E-state index is 10.3. The summed E-state index contributed by atoms with van der Waals surface area (Å²) < 4.78 is 5.99. The van der Waals surface area contributed by atoms with Crippen molar-refractivity contribution in [1.82, 2.24) is 9.80 Å². The number of rotatable bonds is 7. The van der Waals surface area contributed by atoms with Gasteiger partial charge in [0.2, 0.25) is 0 Å². The number of nitrogens with zero attached hydrogens (tertiary/aromatic N) is 2. The minimum Gasteiger partial charge on any atom is -0.491 e. The van der Waals surface area contributed by atoms with Crippen molar-refractivity contribution in [2.75, 3.05) is 50.8 Å². The number of β-amino-alcohol motifs (C(OH)–C–C–N with tert-alkyl or cyclic N) is 1. The van der Waals surface area contributed by atoms with Gasteiger partial charge >= 0.3 is 0 Å². The Morgan fingerprint density at radius 2 is 1.84 bits per heavy atom. The van der Waals surface area contributed by atoms with Crippen LogP contribution in [0.5, 0.6) is 5.75 Å². The molecule has 0 aromatic heterocycles. The van der Waals surface area contributed by atoms with E-state index < -0.39 is 6.10 Å². The molecule has 2 fully saturated rings. The van der Waals surface area contributed by atoms with Gasteiger partial charge in [0.25, 0.3) is 0 Å². The maximum atomic E-state index is 10.3. The van der Waals surface area contributed by atoms with Gasteiger partial charge in [0.15, 0.2) is 0 Å². The van der Waals surface area contributed by atoms with E-state index in [-0.39, 0.29) is 0 Å². The number of aliphatic hydroxyl groups excluding tert-OH is 1. The quantitative estimate of drug-likeness (QED) is 0.805. The van der Waals surface area contributed by atoms with Crippen LogP contribution in [-0.4, -0.2) is 71.8 Å². The van der Waals surface area contributed by atoms with E-state index in [1.165, 1.54) is 43.0 Å². The van der Waals surface area contributed by atoms with Crippen molar-refractivity contribution in [2.24, 2.45) is 5.92 Å². The molecule has 2 saturated heterocycles. The molecule has 0 bridgehead atoms. The average Bonchev–Trinajstić information content (AvgIpc) is 2.64. The Labute approximate surface area is 156 Å². The van der Waals surface area contributed by atoms with Crippen LogP contribution in [0.1, 0.15) is 25.3 Å². The summed E-state index contributed by atoms with van der Waals surface area (Å²) in [6, 6.07) is 8.29. The summed E-state index contributed by atoms with van der Waals surface area (Å²) in [7, 11) is 0. The Kier molecular flexibility index (Phi) is 7.47. The Morgan fingerprint density at radius 3 is 2.60 bits per heavy atom. The van der Waals surface area contributed by atoms with Crippen LogP contribution in [0.2, 0.25) is 0 Å². The Hall–Kier alpha value is -0.750. The first-order chi connectivity index (χ1) is 12.2. The molecule has 25 heavy (non-hydrogen) atoms. The molecule has 0 saturated carbocycles. The minimum absolute atomic E-state index is 0.373. The third kappa shape index (κ3) is 6.17. The predicted molar refractivity (Wildman–Crippen MR) is 105 cm³/mol. The number of ether oxygens (including phenoxy) is 1. The molecule has 1 unspecified atom stereocenters. The van der Waals surface area contributed by atoms with Crippen molar-refractivity contribution in [3.63, 3.8) is 0 Å². The highest BCUT2D eigenvalue weighted by atomic mass is 32.2. The molecule has 1 atom stereocenters. The van der Waals surface area contributed by atoms with Gasteiger partial charge in [-0.05, 0) is 37.9 Å². The summed E-state index contributed by atoms with van der Waals surface area (Å²) in [4.78, 5) is 4.86. The summed E-state index contributed by atoms with van der Waals surface area (Å²) >= 11 is 2.00. The zero-order valence-electron chi connectivity index (χ0n) is 15.4. The molecule has 4 nitrogen and oxygen atoms in total. The van der Waals surface area contributed by atoms with Gasteiger partial charge < -0.3 is 9.84 Å². The molecule has 0 radical (unpaired) electrons. The second-order valence-corrected chi connectivity index (χ2v) is 8.67. The van der Waals surface area contributed by atoms with Crippen LogP contribution in [0.25, 0.3) is 0 Å².